The van der Waals surface area contributed by atoms with Crippen molar-refractivity contribution in [2.45, 2.75) is 0 Å². The lowest BCUT2D eigenvalue weighted by atomic mass is 10.2. The Morgan fingerprint density at radius 2 is 1.73 bits per heavy atom. The van der Waals surface area contributed by atoms with Crippen molar-refractivity contribution in [1.29, 1.82) is 0 Å². The summed E-state index contributed by atoms with van der Waals surface area (Å²) in [5, 5.41) is 8.79. The van der Waals surface area contributed by atoms with Crippen molar-refractivity contribution in [3.8, 4) is 0 Å². The van der Waals surface area contributed by atoms with Crippen LogP contribution >= 0.6 is 0 Å². The summed E-state index contributed by atoms with van der Waals surface area (Å²) in [6.07, 6.45) is 3.10. The molecule has 0 fully saturated rings. The highest BCUT2D eigenvalue weighted by molar-refractivity contribution is 5.94. The van der Waals surface area contributed by atoms with Crippen molar-refractivity contribution in [2.24, 2.45) is 0 Å². The topological polar surface area (TPSA) is 91.8 Å². The van der Waals surface area contributed by atoms with Crippen molar-refractivity contribution in [2.75, 3.05) is 23.7 Å². The highest BCUT2D eigenvalue weighted by Crippen LogP contribution is 2.13. The third-order valence-electron chi connectivity index (χ3n) is 3.42. The number of carbonyl (C=O) groups is 1. The molecular weight excluding hydrogens is 335 g/mol. The van der Waals surface area contributed by atoms with Crippen LogP contribution in [0.2, 0.25) is 0 Å². The smallest absolute Gasteiger partial charge is 0.254 e. The maximum absolute atomic E-state index is 13.5. The molecule has 2 aromatic heterocycles. The number of rotatable bonds is 7. The minimum absolute atomic E-state index is 0.0244. The minimum Gasteiger partial charge on any atom is -0.368 e. The van der Waals surface area contributed by atoms with E-state index in [4.69, 9.17) is 0 Å². The van der Waals surface area contributed by atoms with Gasteiger partial charge in [-0.1, -0.05) is 18.2 Å². The molecule has 7 nitrogen and oxygen atoms in total. The third-order valence-corrected chi connectivity index (χ3v) is 3.42. The SMILES string of the molecule is O=C(NCCNc1cc(Nc2ccccn2)ncn1)c1ccccc1F. The van der Waals surface area contributed by atoms with Crippen LogP contribution in [0.4, 0.5) is 21.8 Å². The Morgan fingerprint density at radius 3 is 2.54 bits per heavy atom. The van der Waals surface area contributed by atoms with Gasteiger partial charge in [-0.2, -0.15) is 0 Å². The standard InChI is InChI=1S/C18H17FN6O/c19-14-6-2-1-5-13(14)18(26)22-10-9-21-16-11-17(24-12-23-16)25-15-7-3-4-8-20-15/h1-8,11-12H,9-10H2,(H,22,26)(H2,20,21,23,24,25). The molecule has 0 aliphatic carbocycles. The first-order chi connectivity index (χ1) is 12.7. The molecule has 0 spiro atoms. The molecule has 8 heteroatoms. The Hall–Kier alpha value is -3.55. The van der Waals surface area contributed by atoms with Gasteiger partial charge in [0.15, 0.2) is 0 Å². The maximum atomic E-state index is 13.5. The molecule has 1 aromatic carbocycles. The Kier molecular flexibility index (Phi) is 5.66. The van der Waals surface area contributed by atoms with E-state index in [1.165, 1.54) is 18.5 Å². The van der Waals surface area contributed by atoms with E-state index in [1.54, 1.807) is 24.4 Å². The van der Waals surface area contributed by atoms with Crippen molar-refractivity contribution in [3.63, 3.8) is 0 Å². The van der Waals surface area contributed by atoms with Crippen molar-refractivity contribution in [1.82, 2.24) is 20.3 Å². The number of pyridine rings is 1. The number of anilines is 3. The van der Waals surface area contributed by atoms with Gasteiger partial charge < -0.3 is 16.0 Å². The van der Waals surface area contributed by atoms with Crippen LogP contribution in [0.3, 0.4) is 0 Å². The molecule has 26 heavy (non-hydrogen) atoms. The highest BCUT2D eigenvalue weighted by Gasteiger charge is 2.09. The zero-order valence-corrected chi connectivity index (χ0v) is 13.8. The Balaban J connectivity index is 1.48. The Labute approximate surface area is 149 Å². The summed E-state index contributed by atoms with van der Waals surface area (Å²) in [6, 6.07) is 13.1. The van der Waals surface area contributed by atoms with Crippen LogP contribution in [-0.4, -0.2) is 33.9 Å². The number of aromatic nitrogens is 3. The van der Waals surface area contributed by atoms with E-state index in [9.17, 15) is 9.18 Å². The quantitative estimate of drug-likeness (QED) is 0.566. The van der Waals surface area contributed by atoms with Crippen LogP contribution in [0.25, 0.3) is 0 Å². The minimum atomic E-state index is -0.543. The number of benzene rings is 1. The van der Waals surface area contributed by atoms with E-state index in [0.29, 0.717) is 30.5 Å². The summed E-state index contributed by atoms with van der Waals surface area (Å²) in [5.74, 6) is 0.869. The van der Waals surface area contributed by atoms with E-state index in [0.717, 1.165) is 0 Å². The van der Waals surface area contributed by atoms with Crippen LogP contribution in [-0.2, 0) is 0 Å². The fourth-order valence-corrected chi connectivity index (χ4v) is 2.20. The number of amides is 1. The number of nitrogens with zero attached hydrogens (tertiary/aromatic N) is 3. The second-order valence-corrected chi connectivity index (χ2v) is 5.29. The van der Waals surface area contributed by atoms with E-state index in [-0.39, 0.29) is 5.56 Å². The van der Waals surface area contributed by atoms with Gasteiger partial charge in [-0.05, 0) is 24.3 Å². The molecule has 1 amide bonds. The van der Waals surface area contributed by atoms with Gasteiger partial charge >= 0.3 is 0 Å². The predicted molar refractivity (Wildman–Crippen MR) is 96.8 cm³/mol. The van der Waals surface area contributed by atoms with Gasteiger partial charge in [0.05, 0.1) is 5.56 Å². The highest BCUT2D eigenvalue weighted by atomic mass is 19.1. The maximum Gasteiger partial charge on any atom is 0.254 e. The first-order valence-electron chi connectivity index (χ1n) is 7.99. The van der Waals surface area contributed by atoms with Crippen molar-refractivity contribution < 1.29 is 9.18 Å². The number of nitrogens with one attached hydrogen (secondary N) is 3. The summed E-state index contributed by atoms with van der Waals surface area (Å²) in [5.41, 5.74) is 0.0244. The van der Waals surface area contributed by atoms with Crippen molar-refractivity contribution in [3.05, 3.63) is 72.4 Å². The van der Waals surface area contributed by atoms with Crippen LogP contribution < -0.4 is 16.0 Å². The summed E-state index contributed by atoms with van der Waals surface area (Å²) < 4.78 is 13.5. The van der Waals surface area contributed by atoms with E-state index >= 15 is 0 Å². The average Bonchev–Trinajstić information content (AvgIpc) is 2.66. The average molecular weight is 352 g/mol. The van der Waals surface area contributed by atoms with E-state index in [2.05, 4.69) is 30.9 Å². The zero-order chi connectivity index (χ0) is 18.2. The number of hydrogen-bond donors (Lipinski definition) is 3. The second kappa shape index (κ2) is 8.52. The van der Waals surface area contributed by atoms with Crippen LogP contribution in [0, 0.1) is 5.82 Å². The number of carbonyl (C=O) groups excluding carboxylic acids is 1. The van der Waals surface area contributed by atoms with Crippen LogP contribution in [0.1, 0.15) is 10.4 Å². The lowest BCUT2D eigenvalue weighted by Gasteiger charge is -2.09. The van der Waals surface area contributed by atoms with Gasteiger partial charge in [0.25, 0.3) is 5.91 Å². The normalized spacial score (nSPS) is 10.2. The second-order valence-electron chi connectivity index (χ2n) is 5.29. The summed E-state index contributed by atoms with van der Waals surface area (Å²) in [6.45, 7) is 0.750. The predicted octanol–water partition coefficient (Wildman–Crippen LogP) is 2.60. The molecule has 3 aromatic rings. The summed E-state index contributed by atoms with van der Waals surface area (Å²) in [7, 11) is 0. The van der Waals surface area contributed by atoms with Crippen LogP contribution in [0.15, 0.2) is 61.1 Å². The number of hydrogen-bond acceptors (Lipinski definition) is 6. The monoisotopic (exact) mass is 352 g/mol. The first-order valence-corrected chi connectivity index (χ1v) is 7.99. The van der Waals surface area contributed by atoms with Crippen molar-refractivity contribution >= 4 is 23.4 Å². The fraction of sp³-hybridized carbons (Fsp3) is 0.111. The molecule has 0 radical (unpaired) electrons. The number of halogens is 1. The molecule has 3 rings (SSSR count). The molecule has 0 unspecified atom stereocenters. The van der Waals surface area contributed by atoms with E-state index < -0.39 is 11.7 Å². The van der Waals surface area contributed by atoms with Gasteiger partial charge in [-0.15, -0.1) is 0 Å². The van der Waals surface area contributed by atoms with Gasteiger partial charge in [0.2, 0.25) is 0 Å². The fourth-order valence-electron chi connectivity index (χ4n) is 2.20. The van der Waals surface area contributed by atoms with E-state index in [1.807, 2.05) is 18.2 Å². The third kappa shape index (κ3) is 4.73. The molecule has 0 bridgehead atoms. The molecule has 0 atom stereocenters. The molecular formula is C18H17FN6O. The van der Waals surface area contributed by atoms with Gasteiger partial charge in [-0.25, -0.2) is 19.3 Å². The Bertz CT molecular complexity index is 874. The molecule has 2 heterocycles. The molecule has 3 N–H and O–H groups in total. The van der Waals surface area contributed by atoms with Gasteiger partial charge in [0, 0.05) is 25.4 Å². The molecule has 0 saturated heterocycles. The Morgan fingerprint density at radius 1 is 0.923 bits per heavy atom. The molecule has 0 saturated carbocycles. The summed E-state index contributed by atoms with van der Waals surface area (Å²) >= 11 is 0. The zero-order valence-electron chi connectivity index (χ0n) is 13.8. The first kappa shape index (κ1) is 17.3. The molecule has 0 aliphatic rings. The summed E-state index contributed by atoms with van der Waals surface area (Å²) in [4.78, 5) is 24.3. The largest absolute Gasteiger partial charge is 0.368 e. The van der Waals surface area contributed by atoms with Gasteiger partial charge in [-0.3, -0.25) is 4.79 Å². The van der Waals surface area contributed by atoms with Gasteiger partial charge in [0.1, 0.15) is 29.6 Å². The molecule has 132 valence electrons. The molecule has 0 aliphatic heterocycles. The lowest BCUT2D eigenvalue weighted by Crippen LogP contribution is -2.29. The lowest BCUT2D eigenvalue weighted by molar-refractivity contribution is 0.0951. The van der Waals surface area contributed by atoms with Crippen LogP contribution in [0.5, 0.6) is 0 Å².